The zero-order valence-electron chi connectivity index (χ0n) is 11.8. The zero-order chi connectivity index (χ0) is 14.2. The Kier molecular flexibility index (Phi) is 3.97. The van der Waals surface area contributed by atoms with Gasteiger partial charge in [0, 0.05) is 6.04 Å². The van der Waals surface area contributed by atoms with Gasteiger partial charge in [-0.1, -0.05) is 41.4 Å². The summed E-state index contributed by atoms with van der Waals surface area (Å²) >= 11 is 6.24. The normalized spacial score (nSPS) is 14.4. The summed E-state index contributed by atoms with van der Waals surface area (Å²) in [5.74, 6) is 0. The van der Waals surface area contributed by atoms with Gasteiger partial charge in [-0.3, -0.25) is 4.68 Å². The van der Waals surface area contributed by atoms with Crippen molar-refractivity contribution in [2.24, 2.45) is 5.73 Å². The molecule has 102 valence electrons. The van der Waals surface area contributed by atoms with Gasteiger partial charge in [0.2, 0.25) is 0 Å². The van der Waals surface area contributed by atoms with E-state index in [-0.39, 0.29) is 12.1 Å². The molecule has 3 nitrogen and oxygen atoms in total. The zero-order valence-corrected chi connectivity index (χ0v) is 12.6. The molecule has 1 aromatic heterocycles. The van der Waals surface area contributed by atoms with Crippen LogP contribution in [0.3, 0.4) is 0 Å². The monoisotopic (exact) mass is 277 g/mol. The Labute approximate surface area is 119 Å². The Bertz CT molecular complexity index is 587. The molecule has 1 aromatic carbocycles. The number of nitrogens with zero attached hydrogens (tertiary/aromatic N) is 2. The molecule has 1 heterocycles. The van der Waals surface area contributed by atoms with Gasteiger partial charge in [0.25, 0.3) is 0 Å². The van der Waals surface area contributed by atoms with Crippen molar-refractivity contribution in [1.29, 1.82) is 0 Å². The second kappa shape index (κ2) is 5.35. The number of hydrogen-bond donors (Lipinski definition) is 1. The highest BCUT2D eigenvalue weighted by atomic mass is 35.5. The Morgan fingerprint density at radius 1 is 1.26 bits per heavy atom. The van der Waals surface area contributed by atoms with Gasteiger partial charge in [-0.2, -0.15) is 5.10 Å². The van der Waals surface area contributed by atoms with E-state index in [9.17, 15) is 0 Å². The molecule has 4 heteroatoms. The highest BCUT2D eigenvalue weighted by Crippen LogP contribution is 2.28. The summed E-state index contributed by atoms with van der Waals surface area (Å²) in [7, 11) is 0. The predicted octanol–water partition coefficient (Wildman–Crippen LogP) is 3.40. The molecule has 2 rings (SSSR count). The maximum Gasteiger partial charge on any atom is 0.0920 e. The Morgan fingerprint density at radius 3 is 2.42 bits per heavy atom. The highest BCUT2D eigenvalue weighted by molar-refractivity contribution is 6.31. The maximum absolute atomic E-state index is 6.24. The lowest BCUT2D eigenvalue weighted by molar-refractivity contribution is 0.443. The molecular formula is C15H20ClN3. The van der Waals surface area contributed by atoms with E-state index >= 15 is 0 Å². The van der Waals surface area contributed by atoms with E-state index in [4.69, 9.17) is 17.3 Å². The Balaban J connectivity index is 2.55. The Morgan fingerprint density at radius 2 is 1.95 bits per heavy atom. The van der Waals surface area contributed by atoms with E-state index < -0.39 is 0 Å². The van der Waals surface area contributed by atoms with Crippen molar-refractivity contribution >= 4 is 11.6 Å². The quantitative estimate of drug-likeness (QED) is 0.934. The molecule has 2 N–H and O–H groups in total. The van der Waals surface area contributed by atoms with Gasteiger partial charge in [0.15, 0.2) is 0 Å². The summed E-state index contributed by atoms with van der Waals surface area (Å²) in [6.07, 6.45) is 0. The van der Waals surface area contributed by atoms with E-state index in [1.54, 1.807) is 0 Å². The van der Waals surface area contributed by atoms with E-state index in [0.717, 1.165) is 22.0 Å². The lowest BCUT2D eigenvalue weighted by Crippen LogP contribution is -2.31. The number of aromatic nitrogens is 2. The fraction of sp³-hybridized carbons (Fsp3) is 0.400. The van der Waals surface area contributed by atoms with Crippen molar-refractivity contribution in [1.82, 2.24) is 9.78 Å². The fourth-order valence-corrected chi connectivity index (χ4v) is 2.56. The van der Waals surface area contributed by atoms with Crippen LogP contribution in [0.4, 0.5) is 0 Å². The molecule has 0 saturated heterocycles. The van der Waals surface area contributed by atoms with Crippen LogP contribution in [0.25, 0.3) is 0 Å². The first kappa shape index (κ1) is 14.1. The minimum atomic E-state index is -0.0455. The minimum Gasteiger partial charge on any atom is -0.326 e. The van der Waals surface area contributed by atoms with Crippen LogP contribution in [0.5, 0.6) is 0 Å². The van der Waals surface area contributed by atoms with E-state index in [0.29, 0.717) is 0 Å². The molecule has 0 aliphatic heterocycles. The highest BCUT2D eigenvalue weighted by Gasteiger charge is 2.23. The average Bonchev–Trinajstić information content (AvgIpc) is 2.57. The van der Waals surface area contributed by atoms with Gasteiger partial charge in [-0.15, -0.1) is 0 Å². The number of aryl methyl sites for hydroxylation is 2. The number of hydrogen-bond acceptors (Lipinski definition) is 2. The first-order chi connectivity index (χ1) is 8.91. The number of benzene rings is 1. The summed E-state index contributed by atoms with van der Waals surface area (Å²) < 4.78 is 1.94. The number of halogens is 1. The van der Waals surface area contributed by atoms with Crippen LogP contribution < -0.4 is 5.73 Å². The second-order valence-corrected chi connectivity index (χ2v) is 5.53. The van der Waals surface area contributed by atoms with Gasteiger partial charge >= 0.3 is 0 Å². The van der Waals surface area contributed by atoms with E-state index in [1.807, 2.05) is 31.5 Å². The van der Waals surface area contributed by atoms with E-state index in [2.05, 4.69) is 30.2 Å². The second-order valence-electron chi connectivity index (χ2n) is 5.15. The van der Waals surface area contributed by atoms with Gasteiger partial charge in [-0.25, -0.2) is 0 Å². The van der Waals surface area contributed by atoms with Gasteiger partial charge < -0.3 is 5.73 Å². The summed E-state index contributed by atoms with van der Waals surface area (Å²) in [6.45, 7) is 7.97. The minimum absolute atomic E-state index is 0.00565. The van der Waals surface area contributed by atoms with Crippen LogP contribution in [0, 0.1) is 20.8 Å². The molecule has 2 unspecified atom stereocenters. The summed E-state index contributed by atoms with van der Waals surface area (Å²) in [4.78, 5) is 0. The molecule has 0 aliphatic carbocycles. The van der Waals surface area contributed by atoms with Crippen molar-refractivity contribution < 1.29 is 0 Å². The first-order valence-corrected chi connectivity index (χ1v) is 6.83. The smallest absolute Gasteiger partial charge is 0.0920 e. The summed E-state index contributed by atoms with van der Waals surface area (Å²) in [5.41, 5.74) is 10.4. The summed E-state index contributed by atoms with van der Waals surface area (Å²) in [5, 5.41) is 5.26. The van der Waals surface area contributed by atoms with Crippen molar-refractivity contribution in [2.45, 2.75) is 39.8 Å². The third-order valence-electron chi connectivity index (χ3n) is 3.38. The molecule has 0 bridgehead atoms. The van der Waals surface area contributed by atoms with Crippen LogP contribution in [-0.2, 0) is 0 Å². The molecule has 0 fully saturated rings. The van der Waals surface area contributed by atoms with Crippen molar-refractivity contribution in [3.8, 4) is 0 Å². The standard InChI is InChI=1S/C15H20ClN3/c1-9-6-5-7-13(8-9)15(10(2)17)19-12(4)14(16)11(3)18-19/h5-8,10,15H,17H2,1-4H3. The SMILES string of the molecule is Cc1cccc(C(C(C)N)n2nc(C)c(Cl)c2C)c1. The predicted molar refractivity (Wildman–Crippen MR) is 79.7 cm³/mol. The molecule has 0 radical (unpaired) electrons. The first-order valence-electron chi connectivity index (χ1n) is 6.45. The molecular weight excluding hydrogens is 258 g/mol. The van der Waals surface area contributed by atoms with Crippen molar-refractivity contribution in [2.75, 3.05) is 0 Å². The lowest BCUT2D eigenvalue weighted by Gasteiger charge is -2.23. The van der Waals surface area contributed by atoms with Gasteiger partial charge in [-0.05, 0) is 33.3 Å². The molecule has 0 spiro atoms. The van der Waals surface area contributed by atoms with Crippen LogP contribution in [0.15, 0.2) is 24.3 Å². The van der Waals surface area contributed by atoms with Gasteiger partial charge in [0.1, 0.15) is 0 Å². The fourth-order valence-electron chi connectivity index (χ4n) is 2.44. The van der Waals surface area contributed by atoms with Crippen LogP contribution >= 0.6 is 11.6 Å². The molecule has 19 heavy (non-hydrogen) atoms. The molecule has 2 aromatic rings. The lowest BCUT2D eigenvalue weighted by atomic mass is 9.99. The van der Waals surface area contributed by atoms with Crippen molar-refractivity contribution in [3.63, 3.8) is 0 Å². The third kappa shape index (κ3) is 2.67. The number of nitrogens with two attached hydrogens (primary N) is 1. The molecule has 0 amide bonds. The maximum atomic E-state index is 6.24. The van der Waals surface area contributed by atoms with Crippen LogP contribution in [0.2, 0.25) is 5.02 Å². The molecule has 0 saturated carbocycles. The van der Waals surface area contributed by atoms with Gasteiger partial charge in [0.05, 0.1) is 22.5 Å². The van der Waals surface area contributed by atoms with Crippen LogP contribution in [-0.4, -0.2) is 15.8 Å². The average molecular weight is 278 g/mol. The van der Waals surface area contributed by atoms with E-state index in [1.165, 1.54) is 5.56 Å². The summed E-state index contributed by atoms with van der Waals surface area (Å²) in [6, 6.07) is 8.33. The number of rotatable bonds is 3. The van der Waals surface area contributed by atoms with Crippen molar-refractivity contribution in [3.05, 3.63) is 51.8 Å². The molecule has 0 aliphatic rings. The molecule has 2 atom stereocenters. The third-order valence-corrected chi connectivity index (χ3v) is 3.93. The van der Waals surface area contributed by atoms with Crippen LogP contribution in [0.1, 0.15) is 35.5 Å². The largest absolute Gasteiger partial charge is 0.326 e. The topological polar surface area (TPSA) is 43.8 Å². The Hall–Kier alpha value is -1.32.